The van der Waals surface area contributed by atoms with Gasteiger partial charge in [0.2, 0.25) is 0 Å². The number of thiophene rings is 1. The molecule has 0 aliphatic carbocycles. The fourth-order valence-corrected chi connectivity index (χ4v) is 3.45. The van der Waals surface area contributed by atoms with Gasteiger partial charge in [-0.15, -0.1) is 11.3 Å². The van der Waals surface area contributed by atoms with Gasteiger partial charge in [-0.2, -0.15) is 0 Å². The number of hydrogen-bond acceptors (Lipinski definition) is 4. The number of aromatic nitrogens is 2. The molecule has 98 valence electrons. The van der Waals surface area contributed by atoms with Gasteiger partial charge in [0.25, 0.3) is 10.0 Å². The standard InChI is InChI=1S/C11H15N3O2S2/c1-3-9-4-5-10(17-9)6-13-18(15,16)11-7-12-8(2)14-11/h4-5,7,13H,3,6H2,1-2H3,(H,12,14). The Balaban J connectivity index is 2.05. The first kappa shape index (κ1) is 13.3. The second-order valence-corrected chi connectivity index (χ2v) is 6.87. The molecule has 0 aliphatic heterocycles. The van der Waals surface area contributed by atoms with E-state index in [-0.39, 0.29) is 5.03 Å². The first-order chi connectivity index (χ1) is 8.51. The molecule has 0 aromatic carbocycles. The van der Waals surface area contributed by atoms with Crippen LogP contribution < -0.4 is 4.72 Å². The van der Waals surface area contributed by atoms with Crippen LogP contribution in [0.1, 0.15) is 22.5 Å². The van der Waals surface area contributed by atoms with Gasteiger partial charge >= 0.3 is 0 Å². The lowest BCUT2D eigenvalue weighted by atomic mass is 10.4. The van der Waals surface area contributed by atoms with E-state index in [1.807, 2.05) is 12.1 Å². The molecule has 2 N–H and O–H groups in total. The quantitative estimate of drug-likeness (QED) is 0.880. The number of imidazole rings is 1. The van der Waals surface area contributed by atoms with Crippen molar-refractivity contribution in [2.75, 3.05) is 0 Å². The second kappa shape index (κ2) is 5.21. The summed E-state index contributed by atoms with van der Waals surface area (Å²) in [6.45, 7) is 4.10. The number of aryl methyl sites for hydroxylation is 2. The number of nitrogens with one attached hydrogen (secondary N) is 2. The van der Waals surface area contributed by atoms with Gasteiger partial charge in [-0.05, 0) is 25.5 Å². The van der Waals surface area contributed by atoms with Crippen LogP contribution in [0, 0.1) is 6.92 Å². The zero-order valence-electron chi connectivity index (χ0n) is 10.2. The topological polar surface area (TPSA) is 74.8 Å². The molecule has 2 aromatic heterocycles. The lowest BCUT2D eigenvalue weighted by Crippen LogP contribution is -2.23. The highest BCUT2D eigenvalue weighted by atomic mass is 32.2. The predicted molar refractivity (Wildman–Crippen MR) is 71.0 cm³/mol. The molecule has 2 heterocycles. The lowest BCUT2D eigenvalue weighted by Gasteiger charge is -2.02. The van der Waals surface area contributed by atoms with Crippen LogP contribution in [0.15, 0.2) is 23.4 Å². The third kappa shape index (κ3) is 2.98. The average molecular weight is 285 g/mol. The van der Waals surface area contributed by atoms with Gasteiger partial charge < -0.3 is 4.98 Å². The molecule has 2 aromatic rings. The van der Waals surface area contributed by atoms with E-state index >= 15 is 0 Å². The van der Waals surface area contributed by atoms with Crippen LogP contribution in [-0.2, 0) is 23.0 Å². The summed E-state index contributed by atoms with van der Waals surface area (Å²) >= 11 is 1.62. The molecule has 0 atom stereocenters. The fraction of sp³-hybridized carbons (Fsp3) is 0.364. The first-order valence-electron chi connectivity index (χ1n) is 5.60. The van der Waals surface area contributed by atoms with Crippen molar-refractivity contribution in [1.82, 2.24) is 14.7 Å². The second-order valence-electron chi connectivity index (χ2n) is 3.88. The molecule has 0 spiro atoms. The molecule has 0 radical (unpaired) electrons. The summed E-state index contributed by atoms with van der Waals surface area (Å²) in [5, 5.41) is 0.104. The monoisotopic (exact) mass is 285 g/mol. The van der Waals surface area contributed by atoms with Crippen LogP contribution in [0.3, 0.4) is 0 Å². The van der Waals surface area contributed by atoms with Crippen LogP contribution in [0.5, 0.6) is 0 Å². The number of hydrogen-bond donors (Lipinski definition) is 2. The van der Waals surface area contributed by atoms with Crippen molar-refractivity contribution in [1.29, 1.82) is 0 Å². The van der Waals surface area contributed by atoms with Crippen molar-refractivity contribution in [3.63, 3.8) is 0 Å². The molecule has 0 saturated heterocycles. The number of rotatable bonds is 5. The van der Waals surface area contributed by atoms with Gasteiger partial charge in [0, 0.05) is 16.3 Å². The Morgan fingerprint density at radius 1 is 1.39 bits per heavy atom. The molecular formula is C11H15N3O2S2. The molecule has 0 fully saturated rings. The summed E-state index contributed by atoms with van der Waals surface area (Å²) in [6.07, 6.45) is 2.29. The minimum absolute atomic E-state index is 0.104. The van der Waals surface area contributed by atoms with E-state index in [2.05, 4.69) is 21.6 Å². The maximum atomic E-state index is 11.9. The molecule has 0 saturated carbocycles. The van der Waals surface area contributed by atoms with Gasteiger partial charge in [-0.1, -0.05) is 6.92 Å². The van der Waals surface area contributed by atoms with E-state index in [1.165, 1.54) is 11.1 Å². The van der Waals surface area contributed by atoms with Gasteiger partial charge in [0.1, 0.15) is 5.82 Å². The van der Waals surface area contributed by atoms with Gasteiger partial charge in [0.05, 0.1) is 6.20 Å². The Morgan fingerprint density at radius 3 is 2.67 bits per heavy atom. The Bertz CT molecular complexity index is 628. The van der Waals surface area contributed by atoms with E-state index < -0.39 is 10.0 Å². The normalized spacial score (nSPS) is 11.9. The molecule has 0 aliphatic rings. The van der Waals surface area contributed by atoms with Crippen molar-refractivity contribution in [3.8, 4) is 0 Å². The zero-order chi connectivity index (χ0) is 13.2. The van der Waals surface area contributed by atoms with Crippen LogP contribution in [0.25, 0.3) is 0 Å². The fourth-order valence-electron chi connectivity index (χ4n) is 1.49. The van der Waals surface area contributed by atoms with E-state index in [0.29, 0.717) is 12.4 Å². The Morgan fingerprint density at radius 2 is 2.11 bits per heavy atom. The Labute approximate surface area is 110 Å². The molecule has 5 nitrogen and oxygen atoms in total. The lowest BCUT2D eigenvalue weighted by molar-refractivity contribution is 0.578. The molecule has 2 rings (SSSR count). The van der Waals surface area contributed by atoms with E-state index in [0.717, 1.165) is 11.3 Å². The highest BCUT2D eigenvalue weighted by molar-refractivity contribution is 7.89. The van der Waals surface area contributed by atoms with Gasteiger partial charge in [-0.3, -0.25) is 0 Å². The maximum absolute atomic E-state index is 11.9. The van der Waals surface area contributed by atoms with E-state index in [9.17, 15) is 8.42 Å². The highest BCUT2D eigenvalue weighted by Gasteiger charge is 2.16. The smallest absolute Gasteiger partial charge is 0.257 e. The average Bonchev–Trinajstić information content (AvgIpc) is 2.95. The minimum Gasteiger partial charge on any atom is -0.332 e. The first-order valence-corrected chi connectivity index (χ1v) is 7.90. The summed E-state index contributed by atoms with van der Waals surface area (Å²) < 4.78 is 26.4. The molecule has 0 unspecified atom stereocenters. The SMILES string of the molecule is CCc1ccc(CNS(=O)(=O)c2cnc(C)[nH]2)s1. The maximum Gasteiger partial charge on any atom is 0.257 e. The Hall–Kier alpha value is -1.18. The number of sulfonamides is 1. The third-order valence-corrected chi connectivity index (χ3v) is 5.01. The predicted octanol–water partition coefficient (Wildman–Crippen LogP) is 1.82. The van der Waals surface area contributed by atoms with Crippen LogP contribution in [0.2, 0.25) is 0 Å². The van der Waals surface area contributed by atoms with E-state index in [1.54, 1.807) is 18.3 Å². The molecule has 7 heteroatoms. The largest absolute Gasteiger partial charge is 0.332 e. The van der Waals surface area contributed by atoms with Crippen LogP contribution in [-0.4, -0.2) is 18.4 Å². The Kier molecular flexibility index (Phi) is 3.84. The third-order valence-electron chi connectivity index (χ3n) is 2.47. The molecule has 0 amide bonds. The van der Waals surface area contributed by atoms with Crippen molar-refractivity contribution in [2.45, 2.75) is 31.8 Å². The van der Waals surface area contributed by atoms with Gasteiger partial charge in [-0.25, -0.2) is 18.1 Å². The summed E-state index contributed by atoms with van der Waals surface area (Å²) in [5.74, 6) is 0.583. The van der Waals surface area contributed by atoms with Crippen molar-refractivity contribution >= 4 is 21.4 Å². The van der Waals surface area contributed by atoms with Crippen molar-refractivity contribution in [3.05, 3.63) is 33.9 Å². The van der Waals surface area contributed by atoms with Gasteiger partial charge in [0.15, 0.2) is 5.03 Å². The number of aromatic amines is 1. The molecule has 18 heavy (non-hydrogen) atoms. The molecule has 0 bridgehead atoms. The van der Waals surface area contributed by atoms with Crippen molar-refractivity contribution in [2.24, 2.45) is 0 Å². The summed E-state index contributed by atoms with van der Waals surface area (Å²) in [4.78, 5) is 8.85. The minimum atomic E-state index is -3.50. The summed E-state index contributed by atoms with van der Waals surface area (Å²) in [5.41, 5.74) is 0. The highest BCUT2D eigenvalue weighted by Crippen LogP contribution is 2.17. The summed E-state index contributed by atoms with van der Waals surface area (Å²) in [6, 6.07) is 3.97. The molecular weight excluding hydrogens is 270 g/mol. The van der Waals surface area contributed by atoms with E-state index in [4.69, 9.17) is 0 Å². The zero-order valence-corrected chi connectivity index (χ0v) is 11.9. The number of nitrogens with zero attached hydrogens (tertiary/aromatic N) is 1. The van der Waals surface area contributed by atoms with Crippen molar-refractivity contribution < 1.29 is 8.42 Å². The summed E-state index contributed by atoms with van der Waals surface area (Å²) in [7, 11) is -3.50. The number of H-pyrrole nitrogens is 1. The van der Waals surface area contributed by atoms with Crippen LogP contribution in [0.4, 0.5) is 0 Å². The van der Waals surface area contributed by atoms with Crippen LogP contribution >= 0.6 is 11.3 Å².